The van der Waals surface area contributed by atoms with Crippen LogP contribution in [0.15, 0.2) is 71.4 Å². The average Bonchev–Trinajstić information content (AvgIpc) is 2.76. The third kappa shape index (κ3) is 2.77. The Morgan fingerprint density at radius 2 is 1.66 bits per heavy atom. The Morgan fingerprint density at radius 3 is 2.21 bits per heavy atom. The molecular formula is C21H16N2O6. The Bertz CT molecular complexity index is 1110. The van der Waals surface area contributed by atoms with Crippen molar-refractivity contribution >= 4 is 11.6 Å². The number of ketones is 2. The molecule has 0 saturated heterocycles. The van der Waals surface area contributed by atoms with Gasteiger partial charge in [0.1, 0.15) is 11.7 Å². The number of methoxy groups -OCH3 is 1. The smallest absolute Gasteiger partial charge is 0.317 e. The minimum absolute atomic E-state index is 0.0374. The van der Waals surface area contributed by atoms with Gasteiger partial charge >= 0.3 is 5.70 Å². The maximum Gasteiger partial charge on any atom is 0.317 e. The molecule has 29 heavy (non-hydrogen) atoms. The second-order valence-electron chi connectivity index (χ2n) is 6.48. The number of fused-ring (bicyclic) bond motifs is 1. The van der Waals surface area contributed by atoms with Crippen LogP contribution >= 0.6 is 0 Å². The van der Waals surface area contributed by atoms with E-state index >= 15 is 0 Å². The molecule has 0 aromatic heterocycles. The minimum Gasteiger partial charge on any atom is -0.497 e. The molecule has 2 aromatic rings. The van der Waals surface area contributed by atoms with E-state index in [4.69, 9.17) is 9.47 Å². The molecule has 2 aliphatic rings. The topological polar surface area (TPSA) is 108 Å². The number of nitrogens with one attached hydrogen (secondary N) is 1. The van der Waals surface area contributed by atoms with E-state index in [0.717, 1.165) is 0 Å². The first-order valence-corrected chi connectivity index (χ1v) is 8.78. The van der Waals surface area contributed by atoms with Crippen molar-refractivity contribution in [3.63, 3.8) is 0 Å². The molecule has 0 saturated carbocycles. The van der Waals surface area contributed by atoms with E-state index in [0.29, 0.717) is 11.3 Å². The van der Waals surface area contributed by atoms with Crippen LogP contribution in [-0.4, -0.2) is 30.6 Å². The van der Waals surface area contributed by atoms with Crippen LogP contribution in [-0.2, 0) is 4.74 Å². The molecule has 0 radical (unpaired) electrons. The first kappa shape index (κ1) is 18.4. The zero-order chi connectivity index (χ0) is 20.7. The van der Waals surface area contributed by atoms with E-state index in [1.807, 2.05) is 0 Å². The molecule has 4 rings (SSSR count). The highest BCUT2D eigenvalue weighted by atomic mass is 16.6. The van der Waals surface area contributed by atoms with Gasteiger partial charge < -0.3 is 14.8 Å². The van der Waals surface area contributed by atoms with Crippen LogP contribution in [0.1, 0.15) is 32.2 Å². The third-order valence-corrected chi connectivity index (χ3v) is 4.98. The fraction of sp³-hybridized carbons (Fsp3) is 0.143. The molecule has 146 valence electrons. The molecule has 0 spiro atoms. The molecule has 8 nitrogen and oxygen atoms in total. The van der Waals surface area contributed by atoms with Crippen LogP contribution in [0.3, 0.4) is 0 Å². The fourth-order valence-electron chi connectivity index (χ4n) is 3.65. The maximum atomic E-state index is 13.3. The number of benzene rings is 2. The highest BCUT2D eigenvalue weighted by Gasteiger charge is 2.48. The van der Waals surface area contributed by atoms with Gasteiger partial charge in [-0.3, -0.25) is 19.7 Å². The summed E-state index contributed by atoms with van der Waals surface area (Å²) in [6.45, 7) is 0. The van der Waals surface area contributed by atoms with E-state index in [1.165, 1.54) is 26.3 Å². The molecule has 0 fully saturated rings. The van der Waals surface area contributed by atoms with E-state index in [2.05, 4.69) is 5.32 Å². The second-order valence-corrected chi connectivity index (χ2v) is 6.48. The molecule has 8 heteroatoms. The van der Waals surface area contributed by atoms with Gasteiger partial charge in [-0.15, -0.1) is 0 Å². The Kier molecular flexibility index (Phi) is 4.38. The number of rotatable bonds is 4. The lowest BCUT2D eigenvalue weighted by molar-refractivity contribution is -0.433. The molecule has 1 aliphatic carbocycles. The molecule has 1 aliphatic heterocycles. The van der Waals surface area contributed by atoms with Crippen LogP contribution in [0.2, 0.25) is 0 Å². The Hall–Kier alpha value is -3.94. The van der Waals surface area contributed by atoms with Crippen molar-refractivity contribution in [2.75, 3.05) is 14.2 Å². The SMILES string of the molecule is CNC1=C([N+](=O)[O-])C(c2ccc(OC)cc2)C2=C(O1)C(=O)c1ccccc1C2=O. The minimum atomic E-state index is -1.08. The van der Waals surface area contributed by atoms with Crippen molar-refractivity contribution in [2.24, 2.45) is 0 Å². The molecule has 0 amide bonds. The molecular weight excluding hydrogens is 376 g/mol. The van der Waals surface area contributed by atoms with Crippen molar-refractivity contribution in [1.29, 1.82) is 0 Å². The lowest BCUT2D eigenvalue weighted by atomic mass is 9.77. The summed E-state index contributed by atoms with van der Waals surface area (Å²) < 4.78 is 10.7. The summed E-state index contributed by atoms with van der Waals surface area (Å²) in [6.07, 6.45) is 0. The van der Waals surface area contributed by atoms with Gasteiger partial charge in [0.05, 0.1) is 17.6 Å². The van der Waals surface area contributed by atoms with Gasteiger partial charge in [-0.05, 0) is 17.7 Å². The van der Waals surface area contributed by atoms with Crippen molar-refractivity contribution < 1.29 is 24.0 Å². The number of carbonyl (C=O) groups is 2. The first-order valence-electron chi connectivity index (χ1n) is 8.78. The van der Waals surface area contributed by atoms with E-state index in [-0.39, 0.29) is 34.0 Å². The summed E-state index contributed by atoms with van der Waals surface area (Å²) in [4.78, 5) is 37.7. The van der Waals surface area contributed by atoms with Crippen molar-refractivity contribution in [3.05, 3.63) is 98.2 Å². The predicted octanol–water partition coefficient (Wildman–Crippen LogP) is 2.81. The summed E-state index contributed by atoms with van der Waals surface area (Å²) >= 11 is 0. The molecule has 1 unspecified atom stereocenters. The number of nitro groups is 1. The molecule has 1 N–H and O–H groups in total. The highest BCUT2D eigenvalue weighted by Crippen LogP contribution is 2.44. The normalized spacial score (nSPS) is 18.1. The van der Waals surface area contributed by atoms with Gasteiger partial charge in [0, 0.05) is 18.2 Å². The lowest BCUT2D eigenvalue weighted by Crippen LogP contribution is -2.35. The fourth-order valence-corrected chi connectivity index (χ4v) is 3.65. The van der Waals surface area contributed by atoms with Crippen LogP contribution in [0.5, 0.6) is 5.75 Å². The summed E-state index contributed by atoms with van der Waals surface area (Å²) in [7, 11) is 2.96. The molecule has 1 atom stereocenters. The third-order valence-electron chi connectivity index (χ3n) is 4.98. The quantitative estimate of drug-likeness (QED) is 0.630. The zero-order valence-corrected chi connectivity index (χ0v) is 15.6. The van der Waals surface area contributed by atoms with Gasteiger partial charge in [-0.2, -0.15) is 0 Å². The highest BCUT2D eigenvalue weighted by molar-refractivity contribution is 6.27. The lowest BCUT2D eigenvalue weighted by Gasteiger charge is -2.30. The number of carbonyl (C=O) groups excluding carboxylic acids is 2. The number of allylic oxidation sites excluding steroid dienone is 2. The number of Topliss-reactive ketones (excluding diaryl/α,β-unsaturated/α-hetero) is 2. The van der Waals surface area contributed by atoms with E-state index < -0.39 is 22.4 Å². The first-order chi connectivity index (χ1) is 14.0. The average molecular weight is 392 g/mol. The monoisotopic (exact) mass is 392 g/mol. The standard InChI is InChI=1S/C21H16N2O6/c1-22-21-17(23(26)27)15(11-7-9-12(28-2)10-8-11)16-18(24)13-5-3-4-6-14(13)19(25)20(16)29-21/h3-10,15,22H,1-2H3. The number of ether oxygens (including phenoxy) is 2. The van der Waals surface area contributed by atoms with E-state index in [9.17, 15) is 19.7 Å². The van der Waals surface area contributed by atoms with Gasteiger partial charge in [-0.25, -0.2) is 0 Å². The number of hydrogen-bond donors (Lipinski definition) is 1. The Labute approximate surface area is 165 Å². The van der Waals surface area contributed by atoms with Gasteiger partial charge in [0.25, 0.3) is 5.88 Å². The van der Waals surface area contributed by atoms with Gasteiger partial charge in [0.2, 0.25) is 5.78 Å². The largest absolute Gasteiger partial charge is 0.497 e. The van der Waals surface area contributed by atoms with Crippen LogP contribution in [0.4, 0.5) is 0 Å². The molecule has 1 heterocycles. The van der Waals surface area contributed by atoms with Gasteiger partial charge in [-0.1, -0.05) is 36.4 Å². The van der Waals surface area contributed by atoms with Crippen LogP contribution < -0.4 is 10.1 Å². The summed E-state index contributed by atoms with van der Waals surface area (Å²) in [5, 5.41) is 14.6. The van der Waals surface area contributed by atoms with Crippen LogP contribution in [0, 0.1) is 10.1 Å². The number of hydrogen-bond acceptors (Lipinski definition) is 7. The molecule has 2 aromatic carbocycles. The van der Waals surface area contributed by atoms with Crippen molar-refractivity contribution in [3.8, 4) is 5.75 Å². The Balaban J connectivity index is 1.97. The summed E-state index contributed by atoms with van der Waals surface area (Å²) in [6, 6.07) is 12.9. The second kappa shape index (κ2) is 6.90. The van der Waals surface area contributed by atoms with Crippen molar-refractivity contribution in [2.45, 2.75) is 5.92 Å². The van der Waals surface area contributed by atoms with Crippen molar-refractivity contribution in [1.82, 2.24) is 5.32 Å². The summed E-state index contributed by atoms with van der Waals surface area (Å²) in [5.41, 5.74) is 0.516. The van der Waals surface area contributed by atoms with Crippen LogP contribution in [0.25, 0.3) is 0 Å². The zero-order valence-electron chi connectivity index (χ0n) is 15.6. The molecule has 0 bridgehead atoms. The summed E-state index contributed by atoms with van der Waals surface area (Å²) in [5.74, 6) is -1.83. The Morgan fingerprint density at radius 1 is 1.03 bits per heavy atom. The maximum absolute atomic E-state index is 13.3. The number of nitrogens with zero attached hydrogens (tertiary/aromatic N) is 1. The van der Waals surface area contributed by atoms with Gasteiger partial charge in [0.15, 0.2) is 11.5 Å². The van der Waals surface area contributed by atoms with E-state index in [1.54, 1.807) is 36.4 Å². The predicted molar refractivity (Wildman–Crippen MR) is 102 cm³/mol.